The Balaban J connectivity index is 1.53. The molecule has 6 nitrogen and oxygen atoms in total. The number of nitrogens with one attached hydrogen (secondary N) is 1. The maximum Gasteiger partial charge on any atom is 0.340 e. The molecule has 4 rings (SSSR count). The molecule has 8 heteroatoms. The zero-order chi connectivity index (χ0) is 22.1. The third kappa shape index (κ3) is 3.83. The number of esters is 1. The molecule has 0 aromatic heterocycles. The average Bonchev–Trinajstić information content (AvgIpc) is 2.75. The fourth-order valence-electron chi connectivity index (χ4n) is 3.28. The zero-order valence-electron chi connectivity index (χ0n) is 15.8. The molecule has 0 saturated heterocycles. The van der Waals surface area contributed by atoms with Gasteiger partial charge >= 0.3 is 5.97 Å². The van der Waals surface area contributed by atoms with E-state index in [1.165, 1.54) is 36.4 Å². The molecule has 154 valence electrons. The van der Waals surface area contributed by atoms with Crippen LogP contribution >= 0.6 is 11.6 Å². The lowest BCUT2D eigenvalue weighted by Gasteiger charge is -2.19. The van der Waals surface area contributed by atoms with Gasteiger partial charge in [0, 0.05) is 22.4 Å². The van der Waals surface area contributed by atoms with Crippen LogP contribution in [0.1, 0.15) is 42.2 Å². The quantitative estimate of drug-likeness (QED) is 0.486. The molecule has 0 aliphatic heterocycles. The fourth-order valence-corrected chi connectivity index (χ4v) is 3.60. The van der Waals surface area contributed by atoms with Crippen LogP contribution in [0.4, 0.5) is 10.1 Å². The van der Waals surface area contributed by atoms with Gasteiger partial charge < -0.3 is 10.1 Å². The number of fused-ring (bicyclic) bond motifs is 2. The summed E-state index contributed by atoms with van der Waals surface area (Å²) in [6.07, 6.45) is 0. The first-order valence-corrected chi connectivity index (χ1v) is 9.48. The third-order valence-electron chi connectivity index (χ3n) is 4.69. The van der Waals surface area contributed by atoms with Gasteiger partial charge in [-0.1, -0.05) is 41.9 Å². The molecule has 1 aliphatic carbocycles. The second-order valence-corrected chi connectivity index (χ2v) is 7.07. The molecule has 0 unspecified atom stereocenters. The molecule has 3 aromatic rings. The van der Waals surface area contributed by atoms with E-state index in [0.717, 1.165) is 6.07 Å². The Kier molecular flexibility index (Phi) is 5.35. The third-order valence-corrected chi connectivity index (χ3v) is 5.09. The van der Waals surface area contributed by atoms with Crippen LogP contribution in [-0.4, -0.2) is 30.0 Å². The highest BCUT2D eigenvalue weighted by Crippen LogP contribution is 2.34. The summed E-state index contributed by atoms with van der Waals surface area (Å²) in [5.74, 6) is -3.01. The fraction of sp³-hybridized carbons (Fsp3) is 0.0435. The van der Waals surface area contributed by atoms with Crippen molar-refractivity contribution in [1.29, 1.82) is 0 Å². The monoisotopic (exact) mass is 437 g/mol. The van der Waals surface area contributed by atoms with Crippen LogP contribution in [0.2, 0.25) is 5.02 Å². The maximum absolute atomic E-state index is 13.2. The number of ether oxygens (including phenoxy) is 1. The average molecular weight is 438 g/mol. The molecule has 0 bridgehead atoms. The van der Waals surface area contributed by atoms with Crippen LogP contribution in [0.3, 0.4) is 0 Å². The van der Waals surface area contributed by atoms with Crippen molar-refractivity contribution >= 4 is 40.7 Å². The number of carbonyl (C=O) groups excluding carboxylic acids is 4. The molecule has 0 saturated carbocycles. The van der Waals surface area contributed by atoms with E-state index in [2.05, 4.69) is 5.32 Å². The van der Waals surface area contributed by atoms with E-state index in [4.69, 9.17) is 16.3 Å². The number of carbonyl (C=O) groups is 4. The first-order chi connectivity index (χ1) is 14.9. The van der Waals surface area contributed by atoms with E-state index in [1.54, 1.807) is 18.2 Å². The van der Waals surface area contributed by atoms with Gasteiger partial charge in [0.25, 0.3) is 5.91 Å². The van der Waals surface area contributed by atoms with Crippen molar-refractivity contribution < 1.29 is 28.3 Å². The largest absolute Gasteiger partial charge is 0.452 e. The molecular formula is C23H13ClFNO5. The van der Waals surface area contributed by atoms with E-state index in [1.807, 2.05) is 0 Å². The predicted octanol–water partition coefficient (Wildman–Crippen LogP) is 4.05. The Hall–Kier alpha value is -3.84. The number of hydrogen-bond acceptors (Lipinski definition) is 5. The van der Waals surface area contributed by atoms with Crippen molar-refractivity contribution in [3.05, 3.63) is 99.3 Å². The van der Waals surface area contributed by atoms with Crippen molar-refractivity contribution in [3.8, 4) is 0 Å². The maximum atomic E-state index is 13.2. The Morgan fingerprint density at radius 2 is 1.61 bits per heavy atom. The minimum absolute atomic E-state index is 0.0796. The Labute approximate surface area is 180 Å². The summed E-state index contributed by atoms with van der Waals surface area (Å²) in [5.41, 5.74) is 0.524. The molecule has 0 heterocycles. The van der Waals surface area contributed by atoms with Gasteiger partial charge in [0.05, 0.1) is 16.1 Å². The van der Waals surface area contributed by atoms with E-state index < -0.39 is 30.1 Å². The van der Waals surface area contributed by atoms with Crippen molar-refractivity contribution in [2.75, 3.05) is 11.9 Å². The van der Waals surface area contributed by atoms with Gasteiger partial charge in [-0.25, -0.2) is 9.18 Å². The molecule has 0 fully saturated rings. The highest BCUT2D eigenvalue weighted by Gasteiger charge is 2.33. The van der Waals surface area contributed by atoms with Crippen molar-refractivity contribution in [3.63, 3.8) is 0 Å². The van der Waals surface area contributed by atoms with Crippen LogP contribution in [-0.2, 0) is 9.53 Å². The summed E-state index contributed by atoms with van der Waals surface area (Å²) < 4.78 is 18.2. The van der Waals surface area contributed by atoms with E-state index >= 15 is 0 Å². The highest BCUT2D eigenvalue weighted by molar-refractivity contribution is 6.41. The minimum atomic E-state index is -0.943. The van der Waals surface area contributed by atoms with Crippen molar-refractivity contribution in [2.24, 2.45) is 0 Å². The molecular weight excluding hydrogens is 425 g/mol. The number of anilines is 1. The van der Waals surface area contributed by atoms with Gasteiger partial charge in [-0.05, 0) is 30.3 Å². The van der Waals surface area contributed by atoms with Gasteiger partial charge in [0.2, 0.25) is 0 Å². The summed E-state index contributed by atoms with van der Waals surface area (Å²) in [4.78, 5) is 50.0. The van der Waals surface area contributed by atoms with Gasteiger partial charge in [0.15, 0.2) is 18.2 Å². The van der Waals surface area contributed by atoms with Crippen LogP contribution in [0.5, 0.6) is 0 Å². The molecule has 1 amide bonds. The minimum Gasteiger partial charge on any atom is -0.452 e. The number of benzene rings is 3. The molecule has 1 N–H and O–H groups in total. The van der Waals surface area contributed by atoms with Gasteiger partial charge in [-0.2, -0.15) is 0 Å². The summed E-state index contributed by atoms with van der Waals surface area (Å²) in [6.45, 7) is -0.654. The van der Waals surface area contributed by atoms with Crippen LogP contribution in [0, 0.1) is 5.82 Å². The molecule has 3 aromatic carbocycles. The van der Waals surface area contributed by atoms with Crippen molar-refractivity contribution in [1.82, 2.24) is 0 Å². The zero-order valence-corrected chi connectivity index (χ0v) is 16.5. The number of rotatable bonds is 4. The van der Waals surface area contributed by atoms with E-state index in [9.17, 15) is 23.6 Å². The molecule has 0 atom stereocenters. The topological polar surface area (TPSA) is 89.5 Å². The van der Waals surface area contributed by atoms with E-state index in [-0.39, 0.29) is 44.3 Å². The smallest absolute Gasteiger partial charge is 0.340 e. The van der Waals surface area contributed by atoms with E-state index in [0.29, 0.717) is 0 Å². The molecule has 0 spiro atoms. The van der Waals surface area contributed by atoms with Gasteiger partial charge in [-0.15, -0.1) is 0 Å². The summed E-state index contributed by atoms with van der Waals surface area (Å²) in [5, 5.41) is 2.17. The van der Waals surface area contributed by atoms with Crippen LogP contribution < -0.4 is 5.32 Å². The Morgan fingerprint density at radius 3 is 2.32 bits per heavy atom. The van der Waals surface area contributed by atoms with Crippen molar-refractivity contribution in [2.45, 2.75) is 0 Å². The lowest BCUT2D eigenvalue weighted by molar-refractivity contribution is -0.119. The summed E-state index contributed by atoms with van der Waals surface area (Å²) in [6, 6.07) is 14.2. The second kappa shape index (κ2) is 8.12. The van der Waals surface area contributed by atoms with Gasteiger partial charge in [-0.3, -0.25) is 14.4 Å². The summed E-state index contributed by atoms with van der Waals surface area (Å²) in [7, 11) is 0. The second-order valence-electron chi connectivity index (χ2n) is 6.69. The normalized spacial score (nSPS) is 12.1. The standard InChI is InChI=1S/C23H13ClFNO5/c24-20-17(23(30)31-11-18(27)26-13-5-3-4-12(25)10-13)9-8-16-19(20)22(29)15-7-2-1-6-14(15)21(16)28/h1-10H,11H2,(H,26,27). The molecule has 1 aliphatic rings. The predicted molar refractivity (Wildman–Crippen MR) is 110 cm³/mol. The molecule has 0 radical (unpaired) electrons. The SMILES string of the molecule is O=C(COC(=O)c1ccc2c(c1Cl)C(=O)c1ccccc1C2=O)Nc1cccc(F)c1. The lowest BCUT2D eigenvalue weighted by atomic mass is 9.83. The number of hydrogen-bond donors (Lipinski definition) is 1. The summed E-state index contributed by atoms with van der Waals surface area (Å²) >= 11 is 6.29. The first kappa shape index (κ1) is 20.4. The number of ketones is 2. The highest BCUT2D eigenvalue weighted by atomic mass is 35.5. The Bertz CT molecular complexity index is 1270. The Morgan fingerprint density at radius 1 is 0.903 bits per heavy atom. The lowest BCUT2D eigenvalue weighted by Crippen LogP contribution is -2.24. The molecule has 31 heavy (non-hydrogen) atoms. The first-order valence-electron chi connectivity index (χ1n) is 9.10. The van der Waals surface area contributed by atoms with Crippen LogP contribution in [0.25, 0.3) is 0 Å². The van der Waals surface area contributed by atoms with Crippen LogP contribution in [0.15, 0.2) is 60.7 Å². The van der Waals surface area contributed by atoms with Gasteiger partial charge in [0.1, 0.15) is 5.82 Å². The number of halogens is 2. The number of amides is 1.